The first-order valence-electron chi connectivity index (χ1n) is 12.6. The number of ether oxygens (including phenoxy) is 4. The van der Waals surface area contributed by atoms with Gasteiger partial charge >= 0.3 is 5.97 Å². The Balaban J connectivity index is 1.37. The van der Waals surface area contributed by atoms with E-state index in [2.05, 4.69) is 41.9 Å². The SMILES string of the molecule is CCOC(=O)[C@@H](Cc1ccccc1OCc1ccnc(-c2ccccc2OC)n1)Oc1nsc2cnc(Cl)c(I)c12. The molecule has 0 amide bonds. The van der Waals surface area contributed by atoms with Crippen LogP contribution in [0, 0.1) is 3.57 Å². The first-order chi connectivity index (χ1) is 20.0. The second-order valence-corrected chi connectivity index (χ2v) is 10.9. The molecule has 9 nitrogen and oxygen atoms in total. The van der Waals surface area contributed by atoms with E-state index < -0.39 is 12.1 Å². The average Bonchev–Trinajstić information content (AvgIpc) is 3.41. The van der Waals surface area contributed by atoms with Crippen molar-refractivity contribution in [1.82, 2.24) is 19.3 Å². The number of nitrogens with zero attached hydrogens (tertiary/aromatic N) is 4. The summed E-state index contributed by atoms with van der Waals surface area (Å²) < 4.78 is 29.1. The molecular weight excluding hydrogens is 679 g/mol. The van der Waals surface area contributed by atoms with E-state index in [4.69, 9.17) is 30.5 Å². The topological polar surface area (TPSA) is 106 Å². The number of hydrogen-bond acceptors (Lipinski definition) is 10. The predicted molar refractivity (Wildman–Crippen MR) is 165 cm³/mol. The third-order valence-electron chi connectivity index (χ3n) is 6.00. The van der Waals surface area contributed by atoms with Crippen molar-refractivity contribution in [2.45, 2.75) is 26.1 Å². The molecule has 210 valence electrons. The summed E-state index contributed by atoms with van der Waals surface area (Å²) in [6.07, 6.45) is 2.55. The Kier molecular flexibility index (Phi) is 9.47. The Morgan fingerprint density at radius 3 is 2.66 bits per heavy atom. The minimum atomic E-state index is -0.969. The van der Waals surface area contributed by atoms with Crippen molar-refractivity contribution >= 4 is 61.8 Å². The fraction of sp³-hybridized carbons (Fsp3) is 0.207. The summed E-state index contributed by atoms with van der Waals surface area (Å²) in [5, 5.41) is 1.05. The van der Waals surface area contributed by atoms with Gasteiger partial charge < -0.3 is 18.9 Å². The highest BCUT2D eigenvalue weighted by atomic mass is 127. The number of benzene rings is 2. The van der Waals surface area contributed by atoms with Crippen LogP contribution < -0.4 is 14.2 Å². The zero-order chi connectivity index (χ0) is 28.8. The van der Waals surface area contributed by atoms with E-state index in [9.17, 15) is 4.79 Å². The molecule has 12 heteroatoms. The fourth-order valence-electron chi connectivity index (χ4n) is 4.08. The lowest BCUT2D eigenvalue weighted by Crippen LogP contribution is -2.32. The molecule has 0 bridgehead atoms. The largest absolute Gasteiger partial charge is 0.496 e. The lowest BCUT2D eigenvalue weighted by molar-refractivity contribution is -0.151. The average molecular weight is 703 g/mol. The Hall–Kier alpha value is -3.55. The van der Waals surface area contributed by atoms with Gasteiger partial charge in [-0.15, -0.1) is 0 Å². The van der Waals surface area contributed by atoms with E-state index in [0.717, 1.165) is 15.8 Å². The van der Waals surface area contributed by atoms with Gasteiger partial charge in [-0.2, -0.15) is 4.37 Å². The van der Waals surface area contributed by atoms with Gasteiger partial charge in [-0.3, -0.25) is 0 Å². The molecular formula is C29H24ClIN4O5S. The van der Waals surface area contributed by atoms with Gasteiger partial charge in [0.1, 0.15) is 23.3 Å². The first kappa shape index (κ1) is 29.0. The summed E-state index contributed by atoms with van der Waals surface area (Å²) in [4.78, 5) is 26.2. The molecule has 5 rings (SSSR count). The number of halogens is 2. The van der Waals surface area contributed by atoms with Crippen molar-refractivity contribution in [3.8, 4) is 28.8 Å². The highest BCUT2D eigenvalue weighted by molar-refractivity contribution is 14.1. The summed E-state index contributed by atoms with van der Waals surface area (Å²) in [5.74, 6) is 1.61. The van der Waals surface area contributed by atoms with Crippen molar-refractivity contribution in [3.05, 3.63) is 87.0 Å². The second-order valence-electron chi connectivity index (χ2n) is 8.62. The number of pyridine rings is 1. The maximum Gasteiger partial charge on any atom is 0.347 e. The summed E-state index contributed by atoms with van der Waals surface area (Å²) in [6.45, 7) is 2.15. The maximum absolute atomic E-state index is 13.0. The minimum absolute atomic E-state index is 0.188. The number of rotatable bonds is 11. The highest BCUT2D eigenvalue weighted by Crippen LogP contribution is 2.36. The molecule has 0 N–H and O–H groups in total. The van der Waals surface area contributed by atoms with Crippen LogP contribution in [0.15, 0.2) is 67.0 Å². The minimum Gasteiger partial charge on any atom is -0.496 e. The Labute approximate surface area is 259 Å². The van der Waals surface area contributed by atoms with Gasteiger partial charge in [0.05, 0.1) is 38.6 Å². The molecule has 0 fully saturated rings. The van der Waals surface area contributed by atoms with Gasteiger partial charge in [-0.1, -0.05) is 41.9 Å². The molecule has 0 aliphatic heterocycles. The molecule has 0 saturated heterocycles. The predicted octanol–water partition coefficient (Wildman–Crippen LogP) is 6.55. The molecule has 0 spiro atoms. The molecule has 0 unspecified atom stereocenters. The number of fused-ring (bicyclic) bond motifs is 1. The number of aromatic nitrogens is 4. The van der Waals surface area contributed by atoms with E-state index in [1.54, 1.807) is 32.5 Å². The second kappa shape index (κ2) is 13.4. The van der Waals surface area contributed by atoms with Crippen molar-refractivity contribution in [2.75, 3.05) is 13.7 Å². The van der Waals surface area contributed by atoms with Crippen LogP contribution in [0.1, 0.15) is 18.2 Å². The Morgan fingerprint density at radius 1 is 1.07 bits per heavy atom. The van der Waals surface area contributed by atoms with Gasteiger partial charge in [-0.05, 0) is 70.9 Å². The van der Waals surface area contributed by atoms with Crippen LogP contribution in [0.5, 0.6) is 17.4 Å². The normalized spacial score (nSPS) is 11.7. The van der Waals surface area contributed by atoms with Crippen molar-refractivity contribution in [2.24, 2.45) is 0 Å². The van der Waals surface area contributed by atoms with E-state index >= 15 is 0 Å². The molecule has 0 saturated carbocycles. The van der Waals surface area contributed by atoms with Gasteiger partial charge in [0.15, 0.2) is 5.82 Å². The van der Waals surface area contributed by atoms with Crippen LogP contribution in [-0.2, 0) is 22.6 Å². The number of methoxy groups -OCH3 is 1. The Bertz CT molecular complexity index is 1680. The maximum atomic E-state index is 13.0. The molecule has 0 aliphatic carbocycles. The summed E-state index contributed by atoms with van der Waals surface area (Å²) in [5.41, 5.74) is 2.23. The van der Waals surface area contributed by atoms with Crippen LogP contribution in [0.25, 0.3) is 21.5 Å². The van der Waals surface area contributed by atoms with E-state index in [1.165, 1.54) is 11.5 Å². The van der Waals surface area contributed by atoms with Crippen molar-refractivity contribution in [1.29, 1.82) is 0 Å². The lowest BCUT2D eigenvalue weighted by atomic mass is 10.1. The van der Waals surface area contributed by atoms with Gasteiger partial charge in [0.2, 0.25) is 12.0 Å². The molecule has 0 radical (unpaired) electrons. The van der Waals surface area contributed by atoms with Crippen LogP contribution in [-0.4, -0.2) is 45.1 Å². The van der Waals surface area contributed by atoms with E-state index in [-0.39, 0.29) is 19.6 Å². The van der Waals surface area contributed by atoms with Crippen LogP contribution in [0.2, 0.25) is 5.15 Å². The first-order valence-corrected chi connectivity index (χ1v) is 14.8. The molecule has 3 aromatic heterocycles. The molecule has 41 heavy (non-hydrogen) atoms. The monoisotopic (exact) mass is 702 g/mol. The number of hydrogen-bond donors (Lipinski definition) is 0. The smallest absolute Gasteiger partial charge is 0.347 e. The molecule has 1 atom stereocenters. The molecule has 0 aliphatic rings. The van der Waals surface area contributed by atoms with Crippen LogP contribution in [0.4, 0.5) is 0 Å². The number of carbonyl (C=O) groups excluding carboxylic acids is 1. The third-order valence-corrected chi connectivity index (χ3v) is 8.42. The third kappa shape index (κ3) is 6.68. The lowest BCUT2D eigenvalue weighted by Gasteiger charge is -2.19. The Morgan fingerprint density at radius 2 is 1.85 bits per heavy atom. The molecule has 5 aromatic rings. The van der Waals surface area contributed by atoms with Crippen LogP contribution in [0.3, 0.4) is 0 Å². The number of carbonyl (C=O) groups is 1. The zero-order valence-corrected chi connectivity index (χ0v) is 25.8. The van der Waals surface area contributed by atoms with Gasteiger partial charge in [-0.25, -0.2) is 19.7 Å². The van der Waals surface area contributed by atoms with Crippen molar-refractivity contribution < 1.29 is 23.7 Å². The highest BCUT2D eigenvalue weighted by Gasteiger charge is 2.27. The van der Waals surface area contributed by atoms with E-state index in [1.807, 2.05) is 48.5 Å². The van der Waals surface area contributed by atoms with Gasteiger partial charge in [0.25, 0.3) is 0 Å². The van der Waals surface area contributed by atoms with E-state index in [0.29, 0.717) is 43.0 Å². The van der Waals surface area contributed by atoms with Crippen molar-refractivity contribution in [3.63, 3.8) is 0 Å². The van der Waals surface area contributed by atoms with Gasteiger partial charge in [0, 0.05) is 18.8 Å². The zero-order valence-electron chi connectivity index (χ0n) is 22.0. The summed E-state index contributed by atoms with van der Waals surface area (Å²) in [7, 11) is 1.61. The standard InChI is InChI=1S/C29H24ClIN4O5S/c1-3-38-29(36)22(40-28-24-23(41-35-28)15-33-26(30)25(24)31)14-17-8-4-6-10-20(17)39-16-18-12-13-32-27(34-18)19-9-5-7-11-21(19)37-2/h4-13,15,22H,3,14,16H2,1-2H3/t22-/m1/s1. The quantitative estimate of drug-likeness (QED) is 0.0861. The van der Waals surface area contributed by atoms with Crippen LogP contribution >= 0.6 is 45.7 Å². The molecule has 3 heterocycles. The number of para-hydroxylation sites is 2. The summed E-state index contributed by atoms with van der Waals surface area (Å²) in [6, 6.07) is 16.8. The summed E-state index contributed by atoms with van der Waals surface area (Å²) >= 11 is 9.56. The number of esters is 1. The fourth-order valence-corrected chi connectivity index (χ4v) is 5.76. The molecule has 2 aromatic carbocycles.